The van der Waals surface area contributed by atoms with Gasteiger partial charge in [0.05, 0.1) is 11.3 Å². The lowest BCUT2D eigenvalue weighted by molar-refractivity contribution is 0.144. The van der Waals surface area contributed by atoms with Gasteiger partial charge in [-0.3, -0.25) is 0 Å². The van der Waals surface area contributed by atoms with Gasteiger partial charge in [-0.2, -0.15) is 0 Å². The summed E-state index contributed by atoms with van der Waals surface area (Å²) < 4.78 is 20.2. The lowest BCUT2D eigenvalue weighted by atomic mass is 10.1. The van der Waals surface area contributed by atoms with Crippen molar-refractivity contribution in [3.8, 4) is 11.5 Å². The highest BCUT2D eigenvalue weighted by atomic mass is 19.1. The van der Waals surface area contributed by atoms with Crippen LogP contribution in [-0.4, -0.2) is 47.3 Å². The van der Waals surface area contributed by atoms with Gasteiger partial charge in [0.1, 0.15) is 23.1 Å². The Kier molecular flexibility index (Phi) is 5.46. The maximum Gasteiger partial charge on any atom is 0.322 e. The number of piperazine rings is 1. The lowest BCUT2D eigenvalue weighted by Crippen LogP contribution is -2.56. The molecule has 2 aliphatic rings. The second kappa shape index (κ2) is 8.58. The van der Waals surface area contributed by atoms with Crippen molar-refractivity contribution in [3.05, 3.63) is 83.7 Å². The molecule has 0 aliphatic carbocycles. The highest BCUT2D eigenvalue weighted by Crippen LogP contribution is 2.38. The van der Waals surface area contributed by atoms with Crippen molar-refractivity contribution in [2.75, 3.05) is 25.0 Å². The Morgan fingerprint density at radius 3 is 2.67 bits per heavy atom. The molecule has 2 heterocycles. The standard InChI is InChI=1S/C26H25FN4O2/c1-17-11-12-23-19(15-17)25(28-22-9-5-6-10-24(22)33-23)30-13-14-31(18(2)16-30)26(32)29-21-8-4-3-7-20(21)27/h3-12,15,18H,13-14,16H2,1-2H3,(H,29,32)/t18-/m1/s1. The van der Waals surface area contributed by atoms with E-state index in [2.05, 4.69) is 16.3 Å². The van der Waals surface area contributed by atoms with Crippen LogP contribution in [0.5, 0.6) is 11.5 Å². The number of hydrogen-bond acceptors (Lipinski definition) is 4. The number of benzene rings is 3. The van der Waals surface area contributed by atoms with E-state index in [-0.39, 0.29) is 17.8 Å². The molecule has 2 aliphatic heterocycles. The van der Waals surface area contributed by atoms with Gasteiger partial charge in [-0.05, 0) is 50.2 Å². The van der Waals surface area contributed by atoms with Crippen molar-refractivity contribution in [2.24, 2.45) is 4.99 Å². The van der Waals surface area contributed by atoms with Crippen molar-refractivity contribution in [2.45, 2.75) is 19.9 Å². The second-order valence-corrected chi connectivity index (χ2v) is 8.40. The van der Waals surface area contributed by atoms with E-state index in [4.69, 9.17) is 9.73 Å². The number of fused-ring (bicyclic) bond motifs is 2. The first kappa shape index (κ1) is 21.0. The molecule has 3 aromatic carbocycles. The Hall–Kier alpha value is -3.87. The van der Waals surface area contributed by atoms with Gasteiger partial charge in [-0.15, -0.1) is 0 Å². The molecule has 1 atom stereocenters. The Labute approximate surface area is 192 Å². The number of amidine groups is 1. The fraction of sp³-hybridized carbons (Fsp3) is 0.231. The van der Waals surface area contributed by atoms with E-state index in [1.54, 1.807) is 23.1 Å². The number of rotatable bonds is 1. The summed E-state index contributed by atoms with van der Waals surface area (Å²) in [6, 6.07) is 19.6. The van der Waals surface area contributed by atoms with E-state index in [9.17, 15) is 9.18 Å². The maximum atomic E-state index is 14.0. The maximum absolute atomic E-state index is 14.0. The highest BCUT2D eigenvalue weighted by Gasteiger charge is 2.31. The average molecular weight is 445 g/mol. The van der Waals surface area contributed by atoms with Crippen LogP contribution in [0.1, 0.15) is 18.1 Å². The molecule has 0 saturated carbocycles. The quantitative estimate of drug-likeness (QED) is 0.535. The van der Waals surface area contributed by atoms with Gasteiger partial charge in [0, 0.05) is 25.7 Å². The normalized spacial score (nSPS) is 17.3. The Balaban J connectivity index is 1.40. The van der Waals surface area contributed by atoms with Crippen LogP contribution in [0.15, 0.2) is 71.7 Å². The number of urea groups is 1. The first-order chi connectivity index (χ1) is 16.0. The molecule has 168 valence electrons. The fourth-order valence-corrected chi connectivity index (χ4v) is 4.28. The molecule has 1 fully saturated rings. The van der Waals surface area contributed by atoms with Crippen LogP contribution in [0.2, 0.25) is 0 Å². The van der Waals surface area contributed by atoms with E-state index in [0.29, 0.717) is 25.4 Å². The predicted octanol–water partition coefficient (Wildman–Crippen LogP) is 5.56. The molecule has 0 unspecified atom stereocenters. The molecule has 2 amide bonds. The molecule has 0 radical (unpaired) electrons. The van der Waals surface area contributed by atoms with Crippen LogP contribution in [0.25, 0.3) is 0 Å². The van der Waals surface area contributed by atoms with E-state index < -0.39 is 5.82 Å². The monoisotopic (exact) mass is 444 g/mol. The topological polar surface area (TPSA) is 57.2 Å². The van der Waals surface area contributed by atoms with Crippen LogP contribution in [0.4, 0.5) is 20.6 Å². The summed E-state index contributed by atoms with van der Waals surface area (Å²) in [6.45, 7) is 5.72. The van der Waals surface area contributed by atoms with Crippen LogP contribution in [0.3, 0.4) is 0 Å². The molecule has 0 spiro atoms. The van der Waals surface area contributed by atoms with E-state index >= 15 is 0 Å². The SMILES string of the molecule is Cc1ccc2c(c1)C(N1CCN(C(=O)Nc3ccccc3F)[C@H](C)C1)=Nc1ccccc1O2. The zero-order valence-electron chi connectivity index (χ0n) is 18.6. The van der Waals surface area contributed by atoms with Crippen LogP contribution >= 0.6 is 0 Å². The third-order valence-corrected chi connectivity index (χ3v) is 5.99. The molecule has 5 rings (SSSR count). The molecule has 0 aromatic heterocycles. The minimum atomic E-state index is -0.449. The summed E-state index contributed by atoms with van der Waals surface area (Å²) in [4.78, 5) is 21.8. The lowest BCUT2D eigenvalue weighted by Gasteiger charge is -2.41. The molecule has 33 heavy (non-hydrogen) atoms. The first-order valence-corrected chi connectivity index (χ1v) is 11.0. The number of halogens is 1. The van der Waals surface area contributed by atoms with Gasteiger partial charge >= 0.3 is 6.03 Å². The van der Waals surface area contributed by atoms with Gasteiger partial charge in [-0.1, -0.05) is 35.9 Å². The van der Waals surface area contributed by atoms with Crippen molar-refractivity contribution < 1.29 is 13.9 Å². The number of nitrogens with one attached hydrogen (secondary N) is 1. The zero-order chi connectivity index (χ0) is 22.9. The number of para-hydroxylation sites is 3. The minimum Gasteiger partial charge on any atom is -0.454 e. The number of hydrogen-bond donors (Lipinski definition) is 1. The van der Waals surface area contributed by atoms with E-state index in [1.807, 2.05) is 50.2 Å². The number of nitrogens with zero attached hydrogens (tertiary/aromatic N) is 3. The van der Waals surface area contributed by atoms with Crippen molar-refractivity contribution in [1.82, 2.24) is 9.80 Å². The number of ether oxygens (including phenoxy) is 1. The Morgan fingerprint density at radius 2 is 1.85 bits per heavy atom. The van der Waals surface area contributed by atoms with Crippen molar-refractivity contribution in [3.63, 3.8) is 0 Å². The smallest absolute Gasteiger partial charge is 0.322 e. The Bertz CT molecular complexity index is 1240. The fourth-order valence-electron chi connectivity index (χ4n) is 4.28. The summed E-state index contributed by atoms with van der Waals surface area (Å²) in [7, 11) is 0. The summed E-state index contributed by atoms with van der Waals surface area (Å²) in [5.41, 5.74) is 3.01. The van der Waals surface area contributed by atoms with Gasteiger partial charge in [-0.25, -0.2) is 14.2 Å². The Morgan fingerprint density at radius 1 is 1.06 bits per heavy atom. The number of carbonyl (C=O) groups excluding carboxylic acids is 1. The van der Waals surface area contributed by atoms with Gasteiger partial charge in [0.15, 0.2) is 5.75 Å². The number of aryl methyl sites for hydroxylation is 1. The van der Waals surface area contributed by atoms with Gasteiger partial charge in [0.2, 0.25) is 0 Å². The summed E-state index contributed by atoms with van der Waals surface area (Å²) in [6.07, 6.45) is 0. The molecule has 0 bridgehead atoms. The number of anilines is 1. The molecule has 3 aromatic rings. The summed E-state index contributed by atoms with van der Waals surface area (Å²) in [5.74, 6) is 1.86. The zero-order valence-corrected chi connectivity index (χ0v) is 18.6. The first-order valence-electron chi connectivity index (χ1n) is 11.0. The van der Waals surface area contributed by atoms with Crippen molar-refractivity contribution in [1.29, 1.82) is 0 Å². The largest absolute Gasteiger partial charge is 0.454 e. The molecule has 7 heteroatoms. The number of amides is 2. The molecular formula is C26H25FN4O2. The van der Waals surface area contributed by atoms with Crippen LogP contribution in [-0.2, 0) is 0 Å². The summed E-state index contributed by atoms with van der Waals surface area (Å²) in [5, 5.41) is 2.69. The van der Waals surface area contributed by atoms with Gasteiger partial charge < -0.3 is 19.9 Å². The summed E-state index contributed by atoms with van der Waals surface area (Å²) >= 11 is 0. The van der Waals surface area contributed by atoms with E-state index in [0.717, 1.165) is 28.4 Å². The van der Waals surface area contributed by atoms with Gasteiger partial charge in [0.25, 0.3) is 0 Å². The third-order valence-electron chi connectivity index (χ3n) is 5.99. The van der Waals surface area contributed by atoms with Crippen LogP contribution in [0, 0.1) is 12.7 Å². The molecular weight excluding hydrogens is 419 g/mol. The number of aliphatic imine (C=N–C) groups is 1. The highest BCUT2D eigenvalue weighted by molar-refractivity contribution is 6.04. The minimum absolute atomic E-state index is 0.0964. The van der Waals surface area contributed by atoms with Crippen LogP contribution < -0.4 is 10.1 Å². The number of carbonyl (C=O) groups is 1. The third kappa shape index (κ3) is 4.14. The molecule has 1 saturated heterocycles. The second-order valence-electron chi connectivity index (χ2n) is 8.40. The molecule has 6 nitrogen and oxygen atoms in total. The van der Waals surface area contributed by atoms with Crippen molar-refractivity contribution >= 4 is 23.2 Å². The average Bonchev–Trinajstić information content (AvgIpc) is 2.97. The van der Waals surface area contributed by atoms with E-state index in [1.165, 1.54) is 6.07 Å². The predicted molar refractivity (Wildman–Crippen MR) is 127 cm³/mol. The molecule has 1 N–H and O–H groups in total.